The van der Waals surface area contributed by atoms with Gasteiger partial charge in [0, 0.05) is 25.8 Å². The fraction of sp³-hybridized carbons (Fsp3) is 0.667. The zero-order valence-corrected chi connectivity index (χ0v) is 12.6. The van der Waals surface area contributed by atoms with Gasteiger partial charge >= 0.3 is 0 Å². The third-order valence-electron chi connectivity index (χ3n) is 3.33. The molecule has 1 fully saturated rings. The molecule has 0 aliphatic carbocycles. The van der Waals surface area contributed by atoms with Crippen LogP contribution < -0.4 is 10.6 Å². The van der Waals surface area contributed by atoms with Gasteiger partial charge in [0.05, 0.1) is 11.5 Å². The summed E-state index contributed by atoms with van der Waals surface area (Å²) >= 11 is 0. The molecule has 0 spiro atoms. The Morgan fingerprint density at radius 1 is 1.50 bits per heavy atom. The van der Waals surface area contributed by atoms with E-state index in [1.54, 1.807) is 6.07 Å². The molecule has 1 aliphatic rings. The van der Waals surface area contributed by atoms with Crippen LogP contribution in [0.5, 0.6) is 0 Å². The van der Waals surface area contributed by atoms with E-state index in [1.165, 1.54) is 0 Å². The molecule has 2 rings (SSSR count). The molecule has 0 bridgehead atoms. The van der Waals surface area contributed by atoms with Crippen molar-refractivity contribution >= 4 is 21.5 Å². The lowest BCUT2D eigenvalue weighted by molar-refractivity contribution is 0.128. The van der Waals surface area contributed by atoms with Crippen LogP contribution in [-0.4, -0.2) is 49.6 Å². The summed E-state index contributed by atoms with van der Waals surface area (Å²) in [5, 5.41) is 0. The summed E-state index contributed by atoms with van der Waals surface area (Å²) in [5.74, 6) is 1.89. The number of hydrogen-bond donors (Lipinski definition) is 1. The molecule has 112 valence electrons. The maximum absolute atomic E-state index is 11.5. The zero-order valence-electron chi connectivity index (χ0n) is 11.7. The lowest BCUT2D eigenvalue weighted by Gasteiger charge is -2.24. The minimum Gasteiger partial charge on any atom is -0.384 e. The first kappa shape index (κ1) is 15.0. The number of nitrogen functional groups attached to an aromatic ring is 1. The van der Waals surface area contributed by atoms with Crippen LogP contribution in [0.3, 0.4) is 0 Å². The smallest absolute Gasteiger partial charge is 0.158 e. The van der Waals surface area contributed by atoms with Crippen molar-refractivity contribution < 1.29 is 13.2 Å². The molecule has 20 heavy (non-hydrogen) atoms. The predicted octanol–water partition coefficient (Wildman–Crippen LogP) is 0.219. The average molecular weight is 300 g/mol. The third-order valence-corrected chi connectivity index (χ3v) is 5.08. The van der Waals surface area contributed by atoms with Gasteiger partial charge in [-0.05, 0) is 13.3 Å². The van der Waals surface area contributed by atoms with E-state index in [9.17, 15) is 8.42 Å². The summed E-state index contributed by atoms with van der Waals surface area (Å²) in [6.07, 6.45) is 0.615. The molecule has 1 unspecified atom stereocenters. The third kappa shape index (κ3) is 3.57. The molecular weight excluding hydrogens is 280 g/mol. The van der Waals surface area contributed by atoms with Crippen molar-refractivity contribution in [3.8, 4) is 0 Å². The van der Waals surface area contributed by atoms with Crippen LogP contribution in [0.1, 0.15) is 19.2 Å². The van der Waals surface area contributed by atoms with Gasteiger partial charge in [0.25, 0.3) is 0 Å². The van der Waals surface area contributed by atoms with Gasteiger partial charge in [-0.2, -0.15) is 0 Å². The molecule has 7 nitrogen and oxygen atoms in total. The van der Waals surface area contributed by atoms with Gasteiger partial charge in [0.1, 0.15) is 18.2 Å². The summed E-state index contributed by atoms with van der Waals surface area (Å²) in [4.78, 5) is 10.3. The van der Waals surface area contributed by atoms with E-state index in [0.29, 0.717) is 37.1 Å². The van der Waals surface area contributed by atoms with E-state index in [2.05, 4.69) is 9.97 Å². The molecule has 2 N–H and O–H groups in total. The number of sulfone groups is 1. The van der Waals surface area contributed by atoms with Gasteiger partial charge in [-0.1, -0.05) is 0 Å². The number of rotatable bonds is 5. The Balaban J connectivity index is 2.17. The number of aromatic nitrogens is 2. The number of ether oxygens (including phenoxy) is 1. The van der Waals surface area contributed by atoms with Crippen LogP contribution in [0.25, 0.3) is 0 Å². The second-order valence-corrected chi connectivity index (χ2v) is 7.10. The predicted molar refractivity (Wildman–Crippen MR) is 77.2 cm³/mol. The highest BCUT2D eigenvalue weighted by atomic mass is 32.2. The Morgan fingerprint density at radius 2 is 2.25 bits per heavy atom. The Hall–Kier alpha value is -1.41. The van der Waals surface area contributed by atoms with Gasteiger partial charge in [0.2, 0.25) is 0 Å². The Labute approximate surface area is 119 Å². The topological polar surface area (TPSA) is 98.4 Å². The van der Waals surface area contributed by atoms with Gasteiger partial charge in [-0.3, -0.25) is 0 Å². The zero-order chi connectivity index (χ0) is 14.8. The Bertz CT molecular complexity index is 576. The molecule has 0 amide bonds. The fourth-order valence-electron chi connectivity index (χ4n) is 2.21. The van der Waals surface area contributed by atoms with Gasteiger partial charge in [-0.25, -0.2) is 18.4 Å². The maximum Gasteiger partial charge on any atom is 0.158 e. The first-order chi connectivity index (χ1) is 9.41. The van der Waals surface area contributed by atoms with Crippen LogP contribution in [0.4, 0.5) is 11.6 Å². The summed E-state index contributed by atoms with van der Waals surface area (Å²) in [6, 6.07) is 1.59. The Morgan fingerprint density at radius 3 is 2.85 bits per heavy atom. The Kier molecular flexibility index (Phi) is 4.44. The summed E-state index contributed by atoms with van der Waals surface area (Å²) in [7, 11) is -1.09. The van der Waals surface area contributed by atoms with Crippen molar-refractivity contribution in [3.05, 3.63) is 11.9 Å². The van der Waals surface area contributed by atoms with Crippen LogP contribution in [0, 0.1) is 0 Å². The molecule has 1 aromatic heterocycles. The molecule has 0 aromatic carbocycles. The largest absolute Gasteiger partial charge is 0.384 e. The van der Waals surface area contributed by atoms with Crippen LogP contribution in [0.2, 0.25) is 0 Å². The van der Waals surface area contributed by atoms with Crippen LogP contribution >= 0.6 is 0 Å². The molecule has 1 saturated heterocycles. The molecular formula is C12H20N4O3S. The second-order valence-electron chi connectivity index (χ2n) is 4.87. The van der Waals surface area contributed by atoms with Crippen molar-refractivity contribution in [2.24, 2.45) is 0 Å². The average Bonchev–Trinajstić information content (AvgIpc) is 2.75. The number of nitrogens with zero attached hydrogens (tertiary/aromatic N) is 3. The molecule has 0 saturated carbocycles. The van der Waals surface area contributed by atoms with Gasteiger partial charge < -0.3 is 15.4 Å². The molecule has 8 heteroatoms. The summed E-state index contributed by atoms with van der Waals surface area (Å²) in [5.41, 5.74) is 5.77. The van der Waals surface area contributed by atoms with E-state index >= 15 is 0 Å². The highest BCUT2D eigenvalue weighted by molar-refractivity contribution is 7.91. The van der Waals surface area contributed by atoms with E-state index in [4.69, 9.17) is 10.5 Å². The van der Waals surface area contributed by atoms with E-state index in [-0.39, 0.29) is 17.5 Å². The number of hydrogen-bond acceptors (Lipinski definition) is 7. The van der Waals surface area contributed by atoms with Gasteiger partial charge in [-0.15, -0.1) is 0 Å². The summed E-state index contributed by atoms with van der Waals surface area (Å²) in [6.45, 7) is 2.76. The van der Waals surface area contributed by atoms with Crippen molar-refractivity contribution in [2.45, 2.75) is 26.0 Å². The highest BCUT2D eigenvalue weighted by Gasteiger charge is 2.31. The molecule has 1 aliphatic heterocycles. The van der Waals surface area contributed by atoms with Crippen LogP contribution in [-0.2, 0) is 21.2 Å². The van der Waals surface area contributed by atoms with E-state index in [0.717, 1.165) is 0 Å². The number of anilines is 2. The van der Waals surface area contributed by atoms with E-state index < -0.39 is 9.84 Å². The van der Waals surface area contributed by atoms with Gasteiger partial charge in [0.15, 0.2) is 15.7 Å². The highest BCUT2D eigenvalue weighted by Crippen LogP contribution is 2.22. The molecule has 1 aromatic rings. The monoisotopic (exact) mass is 300 g/mol. The lowest BCUT2D eigenvalue weighted by Crippen LogP contribution is -2.33. The van der Waals surface area contributed by atoms with Crippen LogP contribution in [0.15, 0.2) is 6.07 Å². The van der Waals surface area contributed by atoms with Crippen molar-refractivity contribution in [1.82, 2.24) is 9.97 Å². The first-order valence-corrected chi connectivity index (χ1v) is 8.38. The quantitative estimate of drug-likeness (QED) is 0.830. The van der Waals surface area contributed by atoms with Crippen molar-refractivity contribution in [1.29, 1.82) is 0 Å². The number of nitrogens with two attached hydrogens (primary N) is 1. The minimum absolute atomic E-state index is 0.0609. The molecule has 0 radical (unpaired) electrons. The summed E-state index contributed by atoms with van der Waals surface area (Å²) < 4.78 is 28.4. The first-order valence-electron chi connectivity index (χ1n) is 6.55. The second kappa shape index (κ2) is 5.92. The van der Waals surface area contributed by atoms with Crippen molar-refractivity contribution in [2.75, 3.05) is 35.8 Å². The normalized spacial score (nSPS) is 21.0. The standard InChI is InChI=1S/C12H20N4O3S/c1-3-19-7-11-14-10(13)6-12(15-11)16(2)9-4-5-20(17,18)8-9/h6,9H,3-5,7-8H2,1-2H3,(H2,13,14,15). The lowest BCUT2D eigenvalue weighted by atomic mass is 10.2. The molecule has 1 atom stereocenters. The minimum atomic E-state index is -2.92. The molecule has 2 heterocycles. The van der Waals surface area contributed by atoms with Crippen molar-refractivity contribution in [3.63, 3.8) is 0 Å². The maximum atomic E-state index is 11.5. The van der Waals surface area contributed by atoms with E-state index in [1.807, 2.05) is 18.9 Å². The fourth-order valence-corrected chi connectivity index (χ4v) is 3.98. The SMILES string of the molecule is CCOCc1nc(N)cc(N(C)C2CCS(=O)(=O)C2)n1.